The first-order chi connectivity index (χ1) is 9.15. The Morgan fingerprint density at radius 1 is 1.32 bits per heavy atom. The lowest BCUT2D eigenvalue weighted by Crippen LogP contribution is -2.36. The summed E-state index contributed by atoms with van der Waals surface area (Å²) in [6, 6.07) is 7.26. The first-order valence-electron chi connectivity index (χ1n) is 6.40. The number of nitrogens with one attached hydrogen (secondary N) is 1. The van der Waals surface area contributed by atoms with Crippen LogP contribution in [0.5, 0.6) is 0 Å². The normalized spacial score (nSPS) is 10.7. The number of halogens is 1. The average molecular weight is 286 g/mol. The van der Waals surface area contributed by atoms with Gasteiger partial charge in [0.15, 0.2) is 6.29 Å². The molecule has 0 aliphatic carbocycles. The van der Waals surface area contributed by atoms with E-state index in [9.17, 15) is 4.79 Å². The monoisotopic (exact) mass is 285 g/mol. The van der Waals surface area contributed by atoms with Gasteiger partial charge in [0.05, 0.1) is 13.0 Å². The fourth-order valence-electron chi connectivity index (χ4n) is 1.63. The zero-order valence-electron chi connectivity index (χ0n) is 11.3. The van der Waals surface area contributed by atoms with E-state index in [0.717, 1.165) is 5.56 Å². The summed E-state index contributed by atoms with van der Waals surface area (Å²) in [5.74, 6) is -0.0772. The van der Waals surface area contributed by atoms with Crippen molar-refractivity contribution >= 4 is 17.5 Å². The van der Waals surface area contributed by atoms with Gasteiger partial charge < -0.3 is 14.8 Å². The number of rotatable bonds is 8. The maximum absolute atomic E-state index is 11.8. The van der Waals surface area contributed by atoms with Crippen LogP contribution in [0.1, 0.15) is 19.4 Å². The fourth-order valence-corrected chi connectivity index (χ4v) is 1.84. The molecule has 0 spiro atoms. The van der Waals surface area contributed by atoms with Crippen LogP contribution in [0.2, 0.25) is 5.02 Å². The van der Waals surface area contributed by atoms with Gasteiger partial charge in [-0.15, -0.1) is 0 Å². The number of ether oxygens (including phenoxy) is 2. The molecule has 0 bridgehead atoms. The predicted molar refractivity (Wildman–Crippen MR) is 75.2 cm³/mol. The highest BCUT2D eigenvalue weighted by Crippen LogP contribution is 2.10. The van der Waals surface area contributed by atoms with Crippen molar-refractivity contribution in [2.45, 2.75) is 26.6 Å². The van der Waals surface area contributed by atoms with Crippen molar-refractivity contribution in [1.29, 1.82) is 0 Å². The average Bonchev–Trinajstić information content (AvgIpc) is 2.36. The van der Waals surface area contributed by atoms with Gasteiger partial charge in [-0.05, 0) is 31.5 Å². The Morgan fingerprint density at radius 3 is 2.58 bits per heavy atom. The summed E-state index contributed by atoms with van der Waals surface area (Å²) in [5.41, 5.74) is 0.884. The highest BCUT2D eigenvalue weighted by atomic mass is 35.5. The molecule has 0 aliphatic rings. The van der Waals surface area contributed by atoms with E-state index < -0.39 is 6.29 Å². The second-order valence-electron chi connectivity index (χ2n) is 3.95. The molecule has 0 atom stereocenters. The van der Waals surface area contributed by atoms with Crippen molar-refractivity contribution in [3.8, 4) is 0 Å². The van der Waals surface area contributed by atoms with E-state index >= 15 is 0 Å². The largest absolute Gasteiger partial charge is 0.351 e. The molecule has 0 saturated carbocycles. The van der Waals surface area contributed by atoms with Crippen LogP contribution in [0.3, 0.4) is 0 Å². The molecule has 1 rings (SSSR count). The van der Waals surface area contributed by atoms with E-state index in [2.05, 4.69) is 5.32 Å². The summed E-state index contributed by atoms with van der Waals surface area (Å²) in [4.78, 5) is 11.8. The van der Waals surface area contributed by atoms with Crippen molar-refractivity contribution in [1.82, 2.24) is 5.32 Å². The fraction of sp³-hybridized carbons (Fsp3) is 0.500. The SMILES string of the molecule is CCOC(CNC(=O)Cc1cccc(Cl)c1)OCC. The smallest absolute Gasteiger partial charge is 0.224 e. The van der Waals surface area contributed by atoms with Crippen molar-refractivity contribution < 1.29 is 14.3 Å². The number of carbonyl (C=O) groups is 1. The van der Waals surface area contributed by atoms with Crippen LogP contribution in [0.25, 0.3) is 0 Å². The van der Waals surface area contributed by atoms with E-state index in [-0.39, 0.29) is 5.91 Å². The molecule has 0 aromatic heterocycles. The number of amides is 1. The summed E-state index contributed by atoms with van der Waals surface area (Å²) in [5, 5.41) is 3.42. The summed E-state index contributed by atoms with van der Waals surface area (Å²) in [6.45, 7) is 5.23. The molecule has 1 amide bonds. The number of benzene rings is 1. The quantitative estimate of drug-likeness (QED) is 0.746. The maximum atomic E-state index is 11.8. The van der Waals surface area contributed by atoms with Gasteiger partial charge >= 0.3 is 0 Å². The van der Waals surface area contributed by atoms with Gasteiger partial charge in [-0.1, -0.05) is 23.7 Å². The second-order valence-corrected chi connectivity index (χ2v) is 4.39. The molecule has 5 heteroatoms. The van der Waals surface area contributed by atoms with E-state index in [1.54, 1.807) is 12.1 Å². The second kappa shape index (κ2) is 8.91. The number of carbonyl (C=O) groups excluding carboxylic acids is 1. The van der Waals surface area contributed by atoms with Crippen LogP contribution in [-0.4, -0.2) is 32.0 Å². The lowest BCUT2D eigenvalue weighted by atomic mass is 10.1. The molecular formula is C14H20ClNO3. The molecule has 0 saturated heterocycles. The maximum Gasteiger partial charge on any atom is 0.224 e. The number of hydrogen-bond acceptors (Lipinski definition) is 3. The minimum atomic E-state index is -0.390. The summed E-state index contributed by atoms with van der Waals surface area (Å²) in [7, 11) is 0. The van der Waals surface area contributed by atoms with E-state index in [4.69, 9.17) is 21.1 Å². The summed E-state index contributed by atoms with van der Waals surface area (Å²) in [6.07, 6.45) is -0.0933. The predicted octanol–water partition coefficient (Wildman–Crippen LogP) is 2.40. The van der Waals surface area contributed by atoms with Gasteiger partial charge in [0.1, 0.15) is 0 Å². The van der Waals surface area contributed by atoms with Crippen LogP contribution in [0.15, 0.2) is 24.3 Å². The minimum Gasteiger partial charge on any atom is -0.351 e. The molecule has 0 radical (unpaired) electrons. The van der Waals surface area contributed by atoms with Crippen molar-refractivity contribution in [3.63, 3.8) is 0 Å². The van der Waals surface area contributed by atoms with E-state index in [1.165, 1.54) is 0 Å². The summed E-state index contributed by atoms with van der Waals surface area (Å²) >= 11 is 5.87. The van der Waals surface area contributed by atoms with Crippen LogP contribution < -0.4 is 5.32 Å². The third-order valence-corrected chi connectivity index (χ3v) is 2.66. The Bertz CT molecular complexity index is 392. The van der Waals surface area contributed by atoms with Gasteiger partial charge in [0.2, 0.25) is 5.91 Å². The molecule has 4 nitrogen and oxygen atoms in total. The van der Waals surface area contributed by atoms with Crippen molar-refractivity contribution in [2.24, 2.45) is 0 Å². The first kappa shape index (κ1) is 16.0. The number of hydrogen-bond donors (Lipinski definition) is 1. The third kappa shape index (κ3) is 6.57. The van der Waals surface area contributed by atoms with Gasteiger partial charge in [-0.2, -0.15) is 0 Å². The minimum absolute atomic E-state index is 0.0772. The highest BCUT2D eigenvalue weighted by molar-refractivity contribution is 6.30. The topological polar surface area (TPSA) is 47.6 Å². The molecule has 106 valence electrons. The lowest BCUT2D eigenvalue weighted by Gasteiger charge is -2.17. The molecule has 1 N–H and O–H groups in total. The third-order valence-electron chi connectivity index (χ3n) is 2.42. The molecule has 1 aromatic carbocycles. The zero-order valence-corrected chi connectivity index (χ0v) is 12.1. The molecule has 0 heterocycles. The molecule has 0 fully saturated rings. The van der Waals surface area contributed by atoms with Crippen LogP contribution in [-0.2, 0) is 20.7 Å². The van der Waals surface area contributed by atoms with E-state index in [1.807, 2.05) is 26.0 Å². The Hall–Kier alpha value is -1.10. The van der Waals surface area contributed by atoms with E-state index in [0.29, 0.717) is 31.2 Å². The van der Waals surface area contributed by atoms with Gasteiger partial charge in [0, 0.05) is 18.2 Å². The zero-order chi connectivity index (χ0) is 14.1. The van der Waals surface area contributed by atoms with Crippen LogP contribution >= 0.6 is 11.6 Å². The molecule has 0 aliphatic heterocycles. The van der Waals surface area contributed by atoms with Crippen LogP contribution in [0.4, 0.5) is 0 Å². The molecule has 19 heavy (non-hydrogen) atoms. The molecule has 1 aromatic rings. The molecule has 0 unspecified atom stereocenters. The Labute approximate surface area is 119 Å². The van der Waals surface area contributed by atoms with Crippen molar-refractivity contribution in [3.05, 3.63) is 34.9 Å². The Balaban J connectivity index is 2.38. The Morgan fingerprint density at radius 2 is 2.00 bits per heavy atom. The standard InChI is InChI=1S/C14H20ClNO3/c1-3-18-14(19-4-2)10-16-13(17)9-11-6-5-7-12(15)8-11/h5-8,14H,3-4,9-10H2,1-2H3,(H,16,17). The highest BCUT2D eigenvalue weighted by Gasteiger charge is 2.10. The Kier molecular flexibility index (Phi) is 7.48. The molecular weight excluding hydrogens is 266 g/mol. The first-order valence-corrected chi connectivity index (χ1v) is 6.77. The summed E-state index contributed by atoms with van der Waals surface area (Å²) < 4.78 is 10.7. The lowest BCUT2D eigenvalue weighted by molar-refractivity contribution is -0.140. The van der Waals surface area contributed by atoms with Gasteiger partial charge in [0.25, 0.3) is 0 Å². The van der Waals surface area contributed by atoms with Gasteiger partial charge in [-0.3, -0.25) is 4.79 Å². The van der Waals surface area contributed by atoms with Crippen molar-refractivity contribution in [2.75, 3.05) is 19.8 Å². The van der Waals surface area contributed by atoms with Gasteiger partial charge in [-0.25, -0.2) is 0 Å². The van der Waals surface area contributed by atoms with Crippen LogP contribution in [0, 0.1) is 0 Å².